The minimum atomic E-state index is -0.481. The van der Waals surface area contributed by atoms with Crippen molar-refractivity contribution in [2.24, 2.45) is 0 Å². The summed E-state index contributed by atoms with van der Waals surface area (Å²) in [4.78, 5) is 18.9. The zero-order chi connectivity index (χ0) is 22.8. The summed E-state index contributed by atoms with van der Waals surface area (Å²) < 4.78 is 6.22. The Hall–Kier alpha value is -2.67. The van der Waals surface area contributed by atoms with Gasteiger partial charge in [0, 0.05) is 31.6 Å². The molecule has 3 atom stereocenters. The Labute approximate surface area is 199 Å². The monoisotopic (exact) mass is 462 g/mol. The number of fused-ring (bicyclic) bond motifs is 1. The van der Waals surface area contributed by atoms with Crippen LogP contribution in [0.1, 0.15) is 30.0 Å². The van der Waals surface area contributed by atoms with Crippen molar-refractivity contribution in [1.29, 1.82) is 0 Å². The molecular weight excluding hydrogens is 432 g/mol. The van der Waals surface area contributed by atoms with Gasteiger partial charge in [0.1, 0.15) is 5.75 Å². The van der Waals surface area contributed by atoms with Crippen LogP contribution in [0.4, 0.5) is 0 Å². The molecule has 5 nitrogen and oxygen atoms in total. The van der Waals surface area contributed by atoms with Crippen molar-refractivity contribution in [1.82, 2.24) is 9.80 Å². The molecule has 1 fully saturated rings. The number of β-amino-alcohol motifs (C(OH)–C–C–N with tert-alkyl or cyclic N) is 1. The number of hydrogen-bond acceptors (Lipinski definition) is 5. The van der Waals surface area contributed by atoms with Gasteiger partial charge in [-0.3, -0.25) is 9.69 Å². The van der Waals surface area contributed by atoms with Crippen LogP contribution in [0.3, 0.4) is 0 Å². The van der Waals surface area contributed by atoms with Crippen LogP contribution in [0.5, 0.6) is 5.75 Å². The number of likely N-dealkylation sites (tertiary alicyclic amines) is 1. The molecule has 0 saturated carbocycles. The lowest BCUT2D eigenvalue weighted by Gasteiger charge is -2.35. The van der Waals surface area contributed by atoms with Crippen LogP contribution in [0.15, 0.2) is 66.0 Å². The van der Waals surface area contributed by atoms with Gasteiger partial charge < -0.3 is 14.7 Å². The average molecular weight is 463 g/mol. The third-order valence-corrected chi connectivity index (χ3v) is 7.68. The van der Waals surface area contributed by atoms with Gasteiger partial charge in [-0.25, -0.2) is 0 Å². The van der Waals surface area contributed by atoms with Crippen LogP contribution in [-0.2, 0) is 11.2 Å². The van der Waals surface area contributed by atoms with Gasteiger partial charge in [-0.2, -0.15) is 0 Å². The molecule has 6 heteroatoms. The maximum atomic E-state index is 13.5. The van der Waals surface area contributed by atoms with E-state index in [0.29, 0.717) is 19.5 Å². The zero-order valence-electron chi connectivity index (χ0n) is 18.9. The van der Waals surface area contributed by atoms with Crippen LogP contribution in [0, 0.1) is 0 Å². The van der Waals surface area contributed by atoms with Crippen LogP contribution in [-0.4, -0.2) is 59.7 Å². The maximum absolute atomic E-state index is 13.5. The highest BCUT2D eigenvalue weighted by molar-refractivity contribution is 7.13. The van der Waals surface area contributed by atoms with Gasteiger partial charge in [0.15, 0.2) is 6.10 Å². The summed E-state index contributed by atoms with van der Waals surface area (Å²) in [6, 6.07) is 20.5. The molecule has 2 aliphatic heterocycles. The smallest absolute Gasteiger partial charge is 0.263 e. The minimum absolute atomic E-state index is 0.0107. The van der Waals surface area contributed by atoms with Gasteiger partial charge in [-0.15, -0.1) is 11.3 Å². The van der Waals surface area contributed by atoms with Crippen LogP contribution in [0.2, 0.25) is 0 Å². The molecule has 0 bridgehead atoms. The molecule has 2 aromatic carbocycles. The average Bonchev–Trinajstić information content (AvgIpc) is 3.53. The molecule has 172 valence electrons. The van der Waals surface area contributed by atoms with Gasteiger partial charge in [-0.05, 0) is 65.6 Å². The topological polar surface area (TPSA) is 53.0 Å². The van der Waals surface area contributed by atoms with Crippen LogP contribution in [0.25, 0.3) is 10.4 Å². The molecule has 0 radical (unpaired) electrons. The maximum Gasteiger partial charge on any atom is 0.263 e. The lowest BCUT2D eigenvalue weighted by molar-refractivity contribution is -0.140. The molecule has 2 aliphatic rings. The first-order valence-corrected chi connectivity index (χ1v) is 12.5. The number of nitrogens with zero attached hydrogens (tertiary/aromatic N) is 2. The first-order valence-electron chi connectivity index (χ1n) is 11.6. The lowest BCUT2D eigenvalue weighted by Crippen LogP contribution is -2.46. The second-order valence-corrected chi connectivity index (χ2v) is 9.97. The van der Waals surface area contributed by atoms with Crippen molar-refractivity contribution in [3.05, 3.63) is 77.2 Å². The minimum Gasteiger partial charge on any atom is -0.480 e. The van der Waals surface area contributed by atoms with Crippen molar-refractivity contribution < 1.29 is 14.6 Å². The standard InChI is InChI=1S/C27H30N2O3S/c1-28(23(19-6-3-2-4-7-19)18-29-14-13-22(30)17-29)27(31)25-12-9-20-16-21(10-11-24(20)32-25)26-8-5-15-33-26/h2-8,10-11,15-16,22-23,25,30H,9,12-14,17-18H2,1H3/t22-,23+,25+/m0/s1. The Morgan fingerprint density at radius 2 is 2.03 bits per heavy atom. The van der Waals surface area contributed by atoms with E-state index in [-0.39, 0.29) is 18.1 Å². The number of aliphatic hydroxyl groups is 1. The Balaban J connectivity index is 1.32. The fraction of sp³-hybridized carbons (Fsp3) is 0.370. The number of carbonyl (C=O) groups excluding carboxylic acids is 1. The number of thiophene rings is 1. The van der Waals surface area contributed by atoms with Crippen molar-refractivity contribution in [3.63, 3.8) is 0 Å². The Bertz CT molecular complexity index is 1090. The Kier molecular flexibility index (Phi) is 6.49. The molecule has 1 saturated heterocycles. The van der Waals surface area contributed by atoms with Crippen LogP contribution >= 0.6 is 11.3 Å². The van der Waals surface area contributed by atoms with Crippen molar-refractivity contribution in [2.75, 3.05) is 26.7 Å². The van der Waals surface area contributed by atoms with Crippen molar-refractivity contribution >= 4 is 17.2 Å². The third-order valence-electron chi connectivity index (χ3n) is 6.76. The summed E-state index contributed by atoms with van der Waals surface area (Å²) in [6.45, 7) is 2.22. The third kappa shape index (κ3) is 4.83. The highest BCUT2D eigenvalue weighted by atomic mass is 32.1. The summed E-state index contributed by atoms with van der Waals surface area (Å²) in [5.41, 5.74) is 3.47. The van der Waals surface area contributed by atoms with Crippen molar-refractivity contribution in [2.45, 2.75) is 37.5 Å². The largest absolute Gasteiger partial charge is 0.480 e. The summed E-state index contributed by atoms with van der Waals surface area (Å²) in [5.74, 6) is 0.823. The molecule has 1 aromatic heterocycles. The molecule has 5 rings (SSSR count). The number of amides is 1. The zero-order valence-corrected chi connectivity index (χ0v) is 19.7. The molecule has 3 heterocycles. The number of benzene rings is 2. The molecular formula is C27H30N2O3S. The molecule has 0 aliphatic carbocycles. The number of ether oxygens (including phenoxy) is 1. The van der Waals surface area contributed by atoms with Crippen molar-refractivity contribution in [3.8, 4) is 16.2 Å². The number of likely N-dealkylation sites (N-methyl/N-ethyl adjacent to an activating group) is 1. The predicted molar refractivity (Wildman–Crippen MR) is 132 cm³/mol. The lowest BCUT2D eigenvalue weighted by atomic mass is 9.98. The highest BCUT2D eigenvalue weighted by Crippen LogP contribution is 2.34. The first-order chi connectivity index (χ1) is 16.1. The normalized spacial score (nSPS) is 21.3. The number of rotatable bonds is 6. The van der Waals surface area contributed by atoms with Crippen LogP contribution < -0.4 is 4.74 Å². The quantitative estimate of drug-likeness (QED) is 0.591. The van der Waals surface area contributed by atoms with E-state index in [1.54, 1.807) is 11.3 Å². The van der Waals surface area contributed by atoms with E-state index in [1.807, 2.05) is 36.2 Å². The summed E-state index contributed by atoms with van der Waals surface area (Å²) in [7, 11) is 1.88. The molecule has 1 N–H and O–H groups in total. The summed E-state index contributed by atoms with van der Waals surface area (Å²) in [6.07, 6.45) is 1.53. The Morgan fingerprint density at radius 3 is 2.76 bits per heavy atom. The highest BCUT2D eigenvalue weighted by Gasteiger charge is 2.34. The van der Waals surface area contributed by atoms with Gasteiger partial charge >= 0.3 is 0 Å². The molecule has 0 unspecified atom stereocenters. The van der Waals surface area contributed by atoms with E-state index in [9.17, 15) is 9.90 Å². The van der Waals surface area contributed by atoms with E-state index < -0.39 is 6.10 Å². The number of aliphatic hydroxyl groups excluding tert-OH is 1. The van der Waals surface area contributed by atoms with E-state index in [4.69, 9.17) is 4.74 Å². The van der Waals surface area contributed by atoms with E-state index >= 15 is 0 Å². The SMILES string of the molecule is CN(C(=O)[C@H]1CCc2cc(-c3cccs3)ccc2O1)[C@H](CN1CC[C@H](O)C1)c1ccccc1. The predicted octanol–water partition coefficient (Wildman–Crippen LogP) is 4.38. The molecule has 1 amide bonds. The number of carbonyl (C=O) groups is 1. The van der Waals surface area contributed by atoms with E-state index in [0.717, 1.165) is 30.7 Å². The van der Waals surface area contributed by atoms with Gasteiger partial charge in [-0.1, -0.05) is 36.4 Å². The number of aryl methyl sites for hydroxylation is 1. The van der Waals surface area contributed by atoms with E-state index in [2.05, 4.69) is 46.7 Å². The molecule has 33 heavy (non-hydrogen) atoms. The second-order valence-electron chi connectivity index (χ2n) is 9.02. The van der Waals surface area contributed by atoms with Gasteiger partial charge in [0.25, 0.3) is 5.91 Å². The van der Waals surface area contributed by atoms with Gasteiger partial charge in [0.2, 0.25) is 0 Å². The van der Waals surface area contributed by atoms with E-state index in [1.165, 1.54) is 16.0 Å². The Morgan fingerprint density at radius 1 is 1.18 bits per heavy atom. The number of hydrogen-bond donors (Lipinski definition) is 1. The summed E-state index contributed by atoms with van der Waals surface area (Å²) in [5, 5.41) is 12.1. The summed E-state index contributed by atoms with van der Waals surface area (Å²) >= 11 is 1.73. The fourth-order valence-electron chi connectivity index (χ4n) is 4.89. The van der Waals surface area contributed by atoms with Gasteiger partial charge in [0.05, 0.1) is 12.1 Å². The first kappa shape index (κ1) is 22.1. The second kappa shape index (κ2) is 9.67. The molecule has 3 aromatic rings. The fourth-order valence-corrected chi connectivity index (χ4v) is 5.61. The molecule has 0 spiro atoms.